The van der Waals surface area contributed by atoms with Gasteiger partial charge < -0.3 is 9.64 Å². The summed E-state index contributed by atoms with van der Waals surface area (Å²) in [6.45, 7) is 21.5. The second kappa shape index (κ2) is 9.30. The minimum Gasteiger partial charge on any atom is -0.489 e. The molecule has 4 rings (SSSR count). The van der Waals surface area contributed by atoms with Crippen molar-refractivity contribution in [2.45, 2.75) is 64.1 Å². The van der Waals surface area contributed by atoms with Gasteiger partial charge >= 0.3 is 0 Å². The number of fused-ring (bicyclic) bond motifs is 1. The first-order valence-electron chi connectivity index (χ1n) is 12.6. The molecule has 0 saturated carbocycles. The van der Waals surface area contributed by atoms with E-state index in [4.69, 9.17) is 4.74 Å². The highest BCUT2D eigenvalue weighted by Crippen LogP contribution is 2.44. The molecule has 0 N–H and O–H groups in total. The summed E-state index contributed by atoms with van der Waals surface area (Å²) in [5.41, 5.74) is 7.81. The zero-order chi connectivity index (χ0) is 23.8. The Morgan fingerprint density at radius 2 is 1.76 bits per heavy atom. The fraction of sp³-hybridized carbons (Fsp3) is 0.448. The summed E-state index contributed by atoms with van der Waals surface area (Å²) >= 11 is 0. The maximum Gasteiger partial charge on any atom is 0.121 e. The van der Waals surface area contributed by atoms with Gasteiger partial charge in [0.25, 0.3) is 0 Å². The number of aryl methyl sites for hydroxylation is 1. The van der Waals surface area contributed by atoms with E-state index >= 15 is 0 Å². The Morgan fingerprint density at radius 3 is 2.42 bits per heavy atom. The van der Waals surface area contributed by atoms with E-state index in [1.807, 2.05) is 6.08 Å². The minimum absolute atomic E-state index is 0.535. The predicted octanol–water partition coefficient (Wildman–Crippen LogP) is 6.67. The first kappa shape index (κ1) is 24.1. The maximum absolute atomic E-state index is 6.39. The monoisotopic (exact) mass is 475 g/mol. The van der Waals surface area contributed by atoms with Crippen molar-refractivity contribution in [3.63, 3.8) is 0 Å². The highest BCUT2D eigenvalue weighted by atomic mass is 28.3. The largest absolute Gasteiger partial charge is 0.489 e. The van der Waals surface area contributed by atoms with Crippen LogP contribution in [-0.2, 0) is 6.04 Å². The van der Waals surface area contributed by atoms with Crippen molar-refractivity contribution in [3.05, 3.63) is 77.4 Å². The molecule has 0 aromatic heterocycles. The van der Waals surface area contributed by atoms with E-state index in [-0.39, 0.29) is 0 Å². The van der Waals surface area contributed by atoms with Crippen LogP contribution in [0.25, 0.3) is 5.70 Å². The van der Waals surface area contributed by atoms with E-state index in [1.54, 1.807) is 5.56 Å². The van der Waals surface area contributed by atoms with Crippen LogP contribution in [0.3, 0.4) is 0 Å². The SMILES string of the molecule is C=CCOc1c(C[Si](C)(C)C2C=C(N3CCCC3)c3ccccc32)cc(C)cc1[Si](C)(C)C. The van der Waals surface area contributed by atoms with Gasteiger partial charge in [-0.05, 0) is 47.7 Å². The number of ether oxygens (including phenoxy) is 1. The lowest BCUT2D eigenvalue weighted by Crippen LogP contribution is -2.41. The van der Waals surface area contributed by atoms with Crippen LogP contribution in [0.1, 0.15) is 40.6 Å². The number of nitrogens with zero attached hydrogens (tertiary/aromatic N) is 1. The highest BCUT2D eigenvalue weighted by molar-refractivity contribution is 6.89. The first-order chi connectivity index (χ1) is 15.6. The molecule has 2 aromatic rings. The van der Waals surface area contributed by atoms with Gasteiger partial charge in [-0.15, -0.1) is 0 Å². The highest BCUT2D eigenvalue weighted by Gasteiger charge is 2.39. The fourth-order valence-electron chi connectivity index (χ4n) is 5.67. The number of likely N-dealkylation sites (tertiary alicyclic amines) is 1. The van der Waals surface area contributed by atoms with Crippen molar-refractivity contribution in [2.75, 3.05) is 19.7 Å². The number of rotatable bonds is 8. The normalized spacial score (nSPS) is 18.3. The van der Waals surface area contributed by atoms with Gasteiger partial charge in [0.15, 0.2) is 0 Å². The Hall–Kier alpha value is -2.05. The molecule has 0 radical (unpaired) electrons. The van der Waals surface area contributed by atoms with E-state index in [0.717, 1.165) is 11.8 Å². The average molecular weight is 476 g/mol. The van der Waals surface area contributed by atoms with Gasteiger partial charge in [-0.2, -0.15) is 0 Å². The summed E-state index contributed by atoms with van der Waals surface area (Å²) in [4.78, 5) is 2.62. The van der Waals surface area contributed by atoms with Gasteiger partial charge in [-0.25, -0.2) is 0 Å². The summed E-state index contributed by atoms with van der Waals surface area (Å²) in [7, 11) is -3.27. The van der Waals surface area contributed by atoms with Crippen LogP contribution < -0.4 is 9.92 Å². The third-order valence-electron chi connectivity index (χ3n) is 7.29. The molecular formula is C29H41NOSi2. The van der Waals surface area contributed by atoms with Gasteiger partial charge in [0.2, 0.25) is 0 Å². The van der Waals surface area contributed by atoms with Crippen molar-refractivity contribution in [1.82, 2.24) is 4.90 Å². The summed E-state index contributed by atoms with van der Waals surface area (Å²) in [6, 6.07) is 15.1. The van der Waals surface area contributed by atoms with Crippen molar-refractivity contribution >= 4 is 27.0 Å². The van der Waals surface area contributed by atoms with Crippen molar-refractivity contribution in [2.24, 2.45) is 0 Å². The van der Waals surface area contributed by atoms with E-state index in [2.05, 4.69) is 93.6 Å². The molecule has 4 heteroatoms. The average Bonchev–Trinajstić information content (AvgIpc) is 3.40. The van der Waals surface area contributed by atoms with Crippen LogP contribution in [0, 0.1) is 6.92 Å². The molecule has 0 amide bonds. The lowest BCUT2D eigenvalue weighted by molar-refractivity contribution is 0.363. The molecular weight excluding hydrogens is 434 g/mol. The van der Waals surface area contributed by atoms with E-state index in [9.17, 15) is 0 Å². The van der Waals surface area contributed by atoms with Crippen molar-refractivity contribution in [3.8, 4) is 5.75 Å². The van der Waals surface area contributed by atoms with E-state index < -0.39 is 16.1 Å². The van der Waals surface area contributed by atoms with E-state index in [1.165, 1.54) is 53.5 Å². The van der Waals surface area contributed by atoms with Gasteiger partial charge in [0, 0.05) is 24.4 Å². The quantitative estimate of drug-likeness (QED) is 0.312. The van der Waals surface area contributed by atoms with Crippen LogP contribution in [0.4, 0.5) is 0 Å². The topological polar surface area (TPSA) is 12.5 Å². The molecule has 0 spiro atoms. The van der Waals surface area contributed by atoms with Crippen LogP contribution in [0.5, 0.6) is 5.75 Å². The molecule has 1 aliphatic heterocycles. The van der Waals surface area contributed by atoms with Crippen LogP contribution >= 0.6 is 0 Å². The molecule has 1 saturated heterocycles. The molecule has 176 valence electrons. The Bertz CT molecular complexity index is 1060. The molecule has 33 heavy (non-hydrogen) atoms. The van der Waals surface area contributed by atoms with Gasteiger partial charge in [-0.3, -0.25) is 0 Å². The Labute approximate surface area is 203 Å². The summed E-state index contributed by atoms with van der Waals surface area (Å²) < 4.78 is 6.39. The minimum atomic E-state index is -1.72. The van der Waals surface area contributed by atoms with Crippen molar-refractivity contribution in [1.29, 1.82) is 0 Å². The van der Waals surface area contributed by atoms with Crippen LogP contribution in [0.2, 0.25) is 32.7 Å². The summed E-state index contributed by atoms with van der Waals surface area (Å²) in [5.74, 6) is 1.15. The molecule has 0 bridgehead atoms. The van der Waals surface area contributed by atoms with Crippen LogP contribution in [0.15, 0.2) is 55.1 Å². The molecule has 1 atom stereocenters. The standard InChI is InChI=1S/C29H41NOSi2/c1-8-17-31-29-23(18-22(2)19-28(29)32(3,4)5)21-33(6,7)27-20-26(30-15-11-12-16-30)24-13-9-10-14-25(24)27/h8-10,13-14,18-20,27H,1,11-12,15-17,21H2,2-7H3. The number of hydrogen-bond acceptors (Lipinski definition) is 2. The summed E-state index contributed by atoms with van der Waals surface area (Å²) in [5, 5.41) is 1.45. The third-order valence-corrected chi connectivity index (χ3v) is 12.7. The number of hydrogen-bond donors (Lipinski definition) is 0. The molecule has 2 aromatic carbocycles. The lowest BCUT2D eigenvalue weighted by atomic mass is 10.1. The number of allylic oxidation sites excluding steroid dienone is 1. The van der Waals surface area contributed by atoms with Gasteiger partial charge in [-0.1, -0.05) is 93.4 Å². The molecule has 2 nitrogen and oxygen atoms in total. The predicted molar refractivity (Wildman–Crippen MR) is 149 cm³/mol. The Balaban J connectivity index is 1.74. The molecule has 1 aliphatic carbocycles. The summed E-state index contributed by atoms with van der Waals surface area (Å²) in [6.07, 6.45) is 7.13. The maximum atomic E-state index is 6.39. The second-order valence-corrected chi connectivity index (χ2v) is 21.6. The van der Waals surface area contributed by atoms with Gasteiger partial charge in [0.05, 0.1) is 16.1 Å². The fourth-order valence-corrected chi connectivity index (χ4v) is 10.4. The smallest absolute Gasteiger partial charge is 0.121 e. The van der Waals surface area contributed by atoms with Crippen LogP contribution in [-0.4, -0.2) is 40.7 Å². The first-order valence-corrected chi connectivity index (χ1v) is 19.3. The third kappa shape index (κ3) is 4.92. The van der Waals surface area contributed by atoms with E-state index in [0.29, 0.717) is 12.1 Å². The zero-order valence-corrected chi connectivity index (χ0v) is 23.5. The second-order valence-electron chi connectivity index (χ2n) is 11.6. The molecule has 2 aliphatic rings. The Morgan fingerprint density at radius 1 is 1.06 bits per heavy atom. The molecule has 1 fully saturated rings. The molecule has 1 heterocycles. The molecule has 1 unspecified atom stereocenters. The van der Waals surface area contributed by atoms with Gasteiger partial charge in [0.1, 0.15) is 12.4 Å². The Kier molecular flexibility index (Phi) is 6.79. The number of benzene rings is 2. The lowest BCUT2D eigenvalue weighted by Gasteiger charge is -2.32. The van der Waals surface area contributed by atoms with Crippen molar-refractivity contribution < 1.29 is 4.74 Å². The zero-order valence-electron chi connectivity index (χ0n) is 21.5.